The number of rotatable bonds is 7. The molecule has 4 saturated carbocycles. The van der Waals surface area contributed by atoms with Gasteiger partial charge in [-0.05, 0) is 91.5 Å². The van der Waals surface area contributed by atoms with Crippen molar-refractivity contribution in [3.05, 3.63) is 76.8 Å². The summed E-state index contributed by atoms with van der Waals surface area (Å²) in [5.74, 6) is 3.89. The van der Waals surface area contributed by atoms with Crippen LogP contribution in [-0.2, 0) is 13.2 Å². The summed E-state index contributed by atoms with van der Waals surface area (Å²) in [4.78, 5) is 0. The van der Waals surface area contributed by atoms with E-state index in [4.69, 9.17) is 16.3 Å². The van der Waals surface area contributed by atoms with Crippen molar-refractivity contribution in [3.63, 3.8) is 0 Å². The van der Waals surface area contributed by atoms with E-state index < -0.39 is 0 Å². The second kappa shape index (κ2) is 8.64. The molecule has 0 aromatic heterocycles. The Morgan fingerprint density at radius 1 is 0.909 bits per heavy atom. The van der Waals surface area contributed by atoms with Crippen molar-refractivity contribution in [1.82, 2.24) is 5.32 Å². The Kier molecular flexibility index (Phi) is 5.63. The maximum absolute atomic E-state index is 6.39. The van der Waals surface area contributed by atoms with Crippen LogP contribution in [0, 0.1) is 23.2 Å². The quantitative estimate of drug-likeness (QED) is 0.389. The van der Waals surface area contributed by atoms with E-state index in [1.54, 1.807) is 0 Å². The molecule has 4 aliphatic rings. The summed E-state index contributed by atoms with van der Waals surface area (Å²) in [6, 6.07) is 21.4. The molecule has 3 heteroatoms. The average Bonchev–Trinajstić information content (AvgIpc) is 2.81. The lowest BCUT2D eigenvalue weighted by molar-refractivity contribution is -0.0706. The summed E-state index contributed by atoms with van der Waals surface area (Å²) in [5.41, 5.74) is 2.78. The van der Waals surface area contributed by atoms with E-state index in [9.17, 15) is 0 Å². The van der Waals surface area contributed by atoms with Crippen LogP contribution in [0.2, 0.25) is 5.02 Å². The Balaban J connectivity index is 1.24. The lowest BCUT2D eigenvalue weighted by Gasteiger charge is -2.59. The first-order valence-electron chi connectivity index (χ1n) is 12.7. The Morgan fingerprint density at radius 2 is 1.58 bits per heavy atom. The van der Waals surface area contributed by atoms with Crippen molar-refractivity contribution in [1.29, 1.82) is 0 Å². The lowest BCUT2D eigenvalue weighted by Crippen LogP contribution is -2.54. The molecule has 4 fully saturated rings. The van der Waals surface area contributed by atoms with Gasteiger partial charge in [0.15, 0.2) is 0 Å². The number of hydrogen-bond donors (Lipinski definition) is 1. The van der Waals surface area contributed by atoms with E-state index >= 15 is 0 Å². The Labute approximate surface area is 202 Å². The maximum atomic E-state index is 6.39. The third-order valence-electron chi connectivity index (χ3n) is 8.93. The molecule has 0 saturated heterocycles. The Hall–Kier alpha value is -2.03. The highest BCUT2D eigenvalue weighted by molar-refractivity contribution is 6.31. The molecule has 1 atom stereocenters. The molecule has 0 spiro atoms. The lowest BCUT2D eigenvalue weighted by atomic mass is 9.48. The highest BCUT2D eigenvalue weighted by Gasteiger charge is 2.52. The largest absolute Gasteiger partial charge is 0.488 e. The van der Waals surface area contributed by atoms with E-state index in [2.05, 4.69) is 48.6 Å². The second-order valence-electron chi connectivity index (χ2n) is 11.0. The van der Waals surface area contributed by atoms with Crippen LogP contribution in [0.4, 0.5) is 0 Å². The maximum Gasteiger partial charge on any atom is 0.124 e. The summed E-state index contributed by atoms with van der Waals surface area (Å²) >= 11 is 6.39. The summed E-state index contributed by atoms with van der Waals surface area (Å²) in [5, 5.41) is 7.29. The molecule has 0 unspecified atom stereocenters. The van der Waals surface area contributed by atoms with E-state index in [1.165, 1.54) is 54.9 Å². The molecule has 3 aromatic rings. The molecule has 0 radical (unpaired) electrons. The van der Waals surface area contributed by atoms with Crippen molar-refractivity contribution < 1.29 is 4.74 Å². The van der Waals surface area contributed by atoms with Crippen LogP contribution in [-0.4, -0.2) is 6.04 Å². The van der Waals surface area contributed by atoms with Crippen LogP contribution >= 0.6 is 11.6 Å². The minimum atomic E-state index is 0.482. The molecule has 1 N–H and O–H groups in total. The van der Waals surface area contributed by atoms with E-state index in [0.717, 1.165) is 40.6 Å². The molecule has 0 heterocycles. The first-order valence-corrected chi connectivity index (χ1v) is 13.1. The standard InChI is InChI=1S/C30H34ClNO/c1-20(30-15-21-12-22(16-30)14-23(13-21)17-30)32-18-27-26-8-4-2-6-24(26)10-11-29(27)33-19-25-7-3-5-9-28(25)31/h2-11,20-23,32H,12-19H2,1H3/t20-,21?,22?,23?,30?/m0/s1. The predicted octanol–water partition coefficient (Wildman–Crippen LogP) is 7.77. The van der Waals surface area contributed by atoms with Crippen LogP contribution in [0.25, 0.3) is 10.8 Å². The van der Waals surface area contributed by atoms with Gasteiger partial charge >= 0.3 is 0 Å². The number of ether oxygens (including phenoxy) is 1. The first kappa shape index (κ1) is 21.5. The molecule has 2 nitrogen and oxygen atoms in total. The van der Waals surface area contributed by atoms with Crippen LogP contribution in [0.1, 0.15) is 56.6 Å². The molecule has 0 aliphatic heterocycles. The van der Waals surface area contributed by atoms with Gasteiger partial charge in [-0.3, -0.25) is 0 Å². The van der Waals surface area contributed by atoms with Crippen molar-refractivity contribution in [3.8, 4) is 5.75 Å². The number of benzene rings is 3. The normalized spacial score (nSPS) is 28.8. The predicted molar refractivity (Wildman–Crippen MR) is 137 cm³/mol. The molecular weight excluding hydrogens is 426 g/mol. The van der Waals surface area contributed by atoms with Gasteiger partial charge in [-0.2, -0.15) is 0 Å². The van der Waals surface area contributed by atoms with E-state index in [-0.39, 0.29) is 0 Å². The smallest absolute Gasteiger partial charge is 0.124 e. The van der Waals surface area contributed by atoms with E-state index in [0.29, 0.717) is 18.1 Å². The number of halogens is 1. The second-order valence-corrected chi connectivity index (χ2v) is 11.4. The minimum absolute atomic E-state index is 0.482. The third kappa shape index (κ3) is 4.06. The van der Waals surface area contributed by atoms with Gasteiger partial charge in [-0.1, -0.05) is 60.1 Å². The monoisotopic (exact) mass is 459 g/mol. The molecular formula is C30H34ClNO. The van der Waals surface area contributed by atoms with E-state index in [1.807, 2.05) is 24.3 Å². The van der Waals surface area contributed by atoms with Gasteiger partial charge < -0.3 is 10.1 Å². The Bertz CT molecular complexity index is 1120. The highest BCUT2D eigenvalue weighted by atomic mass is 35.5. The fourth-order valence-electron chi connectivity index (χ4n) is 7.58. The molecule has 4 aliphatic carbocycles. The van der Waals surface area contributed by atoms with Crippen LogP contribution in [0.5, 0.6) is 5.75 Å². The molecule has 4 bridgehead atoms. The van der Waals surface area contributed by atoms with Crippen molar-refractivity contribution in [2.45, 2.75) is 64.6 Å². The van der Waals surface area contributed by atoms with Crippen molar-refractivity contribution >= 4 is 22.4 Å². The zero-order valence-corrected chi connectivity index (χ0v) is 20.3. The zero-order valence-electron chi connectivity index (χ0n) is 19.5. The minimum Gasteiger partial charge on any atom is -0.488 e. The van der Waals surface area contributed by atoms with Crippen LogP contribution in [0.3, 0.4) is 0 Å². The zero-order chi connectivity index (χ0) is 22.4. The SMILES string of the molecule is C[C@H](NCc1c(OCc2ccccc2Cl)ccc2ccccc12)C12CC3CC(CC(C3)C1)C2. The molecule has 172 valence electrons. The summed E-state index contributed by atoms with van der Waals surface area (Å²) in [6.45, 7) is 3.76. The van der Waals surface area contributed by atoms with Gasteiger partial charge in [0, 0.05) is 28.7 Å². The van der Waals surface area contributed by atoms with Crippen molar-refractivity contribution in [2.24, 2.45) is 23.2 Å². The Morgan fingerprint density at radius 3 is 2.30 bits per heavy atom. The fourth-order valence-corrected chi connectivity index (χ4v) is 7.77. The number of nitrogens with one attached hydrogen (secondary N) is 1. The van der Waals surface area contributed by atoms with Gasteiger partial charge in [-0.25, -0.2) is 0 Å². The summed E-state index contributed by atoms with van der Waals surface area (Å²) < 4.78 is 6.37. The average molecular weight is 460 g/mol. The first-order chi connectivity index (χ1) is 16.1. The highest BCUT2D eigenvalue weighted by Crippen LogP contribution is 2.61. The molecule has 33 heavy (non-hydrogen) atoms. The van der Waals surface area contributed by atoms with Crippen LogP contribution in [0.15, 0.2) is 60.7 Å². The molecule has 7 rings (SSSR count). The van der Waals surface area contributed by atoms with Gasteiger partial charge in [0.25, 0.3) is 0 Å². The molecule has 0 amide bonds. The van der Waals surface area contributed by atoms with Gasteiger partial charge in [0.1, 0.15) is 12.4 Å². The van der Waals surface area contributed by atoms with Crippen molar-refractivity contribution in [2.75, 3.05) is 0 Å². The molecule has 3 aromatic carbocycles. The van der Waals surface area contributed by atoms with Crippen LogP contribution < -0.4 is 10.1 Å². The van der Waals surface area contributed by atoms with Gasteiger partial charge in [0.2, 0.25) is 0 Å². The number of hydrogen-bond acceptors (Lipinski definition) is 2. The number of fused-ring (bicyclic) bond motifs is 1. The third-order valence-corrected chi connectivity index (χ3v) is 9.30. The fraction of sp³-hybridized carbons (Fsp3) is 0.467. The van der Waals surface area contributed by atoms with Gasteiger partial charge in [0.05, 0.1) is 0 Å². The summed E-state index contributed by atoms with van der Waals surface area (Å²) in [7, 11) is 0. The topological polar surface area (TPSA) is 21.3 Å². The summed E-state index contributed by atoms with van der Waals surface area (Å²) in [6.07, 6.45) is 8.77. The van der Waals surface area contributed by atoms with Gasteiger partial charge in [-0.15, -0.1) is 0 Å².